The molecule has 2 atom stereocenters. The summed E-state index contributed by atoms with van der Waals surface area (Å²) in [4.78, 5) is 45.8. The lowest BCUT2D eigenvalue weighted by Crippen LogP contribution is -2.37. The fourth-order valence-electron chi connectivity index (χ4n) is 4.14. The highest BCUT2D eigenvalue weighted by molar-refractivity contribution is 8.26. The minimum Gasteiger partial charge on any atom is -0.496 e. The minimum absolute atomic E-state index is 0.0287. The van der Waals surface area contributed by atoms with E-state index in [4.69, 9.17) is 4.74 Å². The van der Waals surface area contributed by atoms with Crippen LogP contribution >= 0.6 is 23.5 Å². The fourth-order valence-corrected chi connectivity index (χ4v) is 6.62. The largest absolute Gasteiger partial charge is 0.496 e. The highest BCUT2D eigenvalue weighted by Gasteiger charge is 2.38. The number of rotatable bonds is 6. The maximum absolute atomic E-state index is 14.6. The molecule has 194 valence electrons. The summed E-state index contributed by atoms with van der Waals surface area (Å²) in [5, 5.41) is 3.55. The molecule has 2 aliphatic heterocycles. The third kappa shape index (κ3) is 6.05. The van der Waals surface area contributed by atoms with Gasteiger partial charge in [0.15, 0.2) is 5.17 Å². The third-order valence-corrected chi connectivity index (χ3v) is 9.01. The van der Waals surface area contributed by atoms with Crippen LogP contribution in [0.1, 0.15) is 35.7 Å². The van der Waals surface area contributed by atoms with Crippen molar-refractivity contribution in [2.75, 3.05) is 39.8 Å². The molecule has 3 amide bonds. The first-order chi connectivity index (χ1) is 17.1. The van der Waals surface area contributed by atoms with E-state index < -0.39 is 6.17 Å². The molecule has 1 saturated heterocycles. The zero-order valence-corrected chi connectivity index (χ0v) is 22.3. The molecule has 1 N–H and O–H groups in total. The number of ether oxygens (including phenoxy) is 1. The molecule has 36 heavy (non-hydrogen) atoms. The molecule has 0 radical (unpaired) electrons. The van der Waals surface area contributed by atoms with Gasteiger partial charge in [-0.2, -0.15) is 0 Å². The van der Waals surface area contributed by atoms with Crippen molar-refractivity contribution >= 4 is 46.4 Å². The molecule has 1 aliphatic carbocycles. The van der Waals surface area contributed by atoms with Gasteiger partial charge in [0.05, 0.1) is 36.4 Å². The van der Waals surface area contributed by atoms with Gasteiger partial charge >= 0.3 is 0 Å². The van der Waals surface area contributed by atoms with Crippen molar-refractivity contribution in [2.24, 2.45) is 10.9 Å². The number of amidine groups is 1. The summed E-state index contributed by atoms with van der Waals surface area (Å²) in [6, 6.07) is 3.60. The normalized spacial score (nSPS) is 24.1. The van der Waals surface area contributed by atoms with Gasteiger partial charge in [-0.25, -0.2) is 4.39 Å². The molecule has 0 aromatic heterocycles. The van der Waals surface area contributed by atoms with E-state index in [9.17, 15) is 18.8 Å². The third-order valence-electron chi connectivity index (χ3n) is 6.30. The number of amides is 3. The van der Waals surface area contributed by atoms with Crippen LogP contribution in [0.15, 0.2) is 34.7 Å². The van der Waals surface area contributed by atoms with E-state index in [2.05, 4.69) is 23.8 Å². The summed E-state index contributed by atoms with van der Waals surface area (Å²) in [6.07, 6.45) is 1.66. The molecule has 11 heteroatoms. The summed E-state index contributed by atoms with van der Waals surface area (Å²) in [7, 11) is 1.50. The first-order valence-electron chi connectivity index (χ1n) is 11.9. The van der Waals surface area contributed by atoms with Gasteiger partial charge in [-0.05, 0) is 50.5 Å². The van der Waals surface area contributed by atoms with E-state index in [1.165, 1.54) is 28.7 Å². The maximum Gasteiger partial charge on any atom is 0.257 e. The van der Waals surface area contributed by atoms with Crippen molar-refractivity contribution in [2.45, 2.75) is 41.8 Å². The number of hydrogen-bond acceptors (Lipinski definition) is 7. The van der Waals surface area contributed by atoms with Crippen LogP contribution < -0.4 is 10.1 Å². The molecule has 2 heterocycles. The van der Waals surface area contributed by atoms with Crippen LogP contribution in [0.4, 0.5) is 4.39 Å². The van der Waals surface area contributed by atoms with Crippen molar-refractivity contribution in [3.05, 3.63) is 35.9 Å². The average molecular weight is 535 g/mol. The molecule has 8 nitrogen and oxygen atoms in total. The van der Waals surface area contributed by atoms with E-state index in [0.29, 0.717) is 23.0 Å². The lowest BCUT2D eigenvalue weighted by Gasteiger charge is -2.25. The van der Waals surface area contributed by atoms with Crippen LogP contribution in [0.25, 0.3) is 0 Å². The Labute approximate surface area is 219 Å². The van der Waals surface area contributed by atoms with Gasteiger partial charge in [-0.3, -0.25) is 19.4 Å². The first-order valence-corrected chi connectivity index (χ1v) is 13.5. The van der Waals surface area contributed by atoms with Crippen molar-refractivity contribution in [3.63, 3.8) is 0 Å². The van der Waals surface area contributed by atoms with Crippen LogP contribution in [-0.4, -0.2) is 82.8 Å². The van der Waals surface area contributed by atoms with Crippen LogP contribution in [0.3, 0.4) is 0 Å². The molecule has 0 spiro atoms. The number of alkyl halides is 1. The van der Waals surface area contributed by atoms with E-state index in [1.807, 2.05) is 13.0 Å². The monoisotopic (exact) mass is 534 g/mol. The Morgan fingerprint density at radius 2 is 1.97 bits per heavy atom. The Morgan fingerprint density at radius 3 is 2.64 bits per heavy atom. The Bertz CT molecular complexity index is 1110. The zero-order valence-electron chi connectivity index (χ0n) is 20.7. The highest BCUT2D eigenvalue weighted by atomic mass is 32.2. The number of halogens is 1. The van der Waals surface area contributed by atoms with Crippen LogP contribution in [-0.2, 0) is 9.59 Å². The van der Waals surface area contributed by atoms with Gasteiger partial charge in [-0.1, -0.05) is 18.3 Å². The molecule has 3 aliphatic rings. The number of nitrogens with one attached hydrogen (secondary N) is 1. The Balaban J connectivity index is 1.50. The summed E-state index contributed by atoms with van der Waals surface area (Å²) < 4.78 is 19.8. The predicted molar refractivity (Wildman–Crippen MR) is 140 cm³/mol. The second kappa shape index (κ2) is 10.8. The van der Waals surface area contributed by atoms with Gasteiger partial charge in [0.25, 0.3) is 5.91 Å². The number of aryl methyl sites for hydroxylation is 1. The number of benzene rings is 1. The van der Waals surface area contributed by atoms with Crippen molar-refractivity contribution in [1.29, 1.82) is 0 Å². The highest BCUT2D eigenvalue weighted by Crippen LogP contribution is 2.47. The summed E-state index contributed by atoms with van der Waals surface area (Å²) in [6.45, 7) is 8.25. The zero-order chi connectivity index (χ0) is 26.0. The first kappa shape index (κ1) is 26.5. The smallest absolute Gasteiger partial charge is 0.257 e. The van der Waals surface area contributed by atoms with Crippen molar-refractivity contribution < 1.29 is 23.5 Å². The van der Waals surface area contributed by atoms with Crippen LogP contribution in [0, 0.1) is 12.8 Å². The Hall–Kier alpha value is -2.53. The predicted octanol–water partition coefficient (Wildman–Crippen LogP) is 3.25. The Morgan fingerprint density at radius 1 is 1.28 bits per heavy atom. The molecule has 2 fully saturated rings. The van der Waals surface area contributed by atoms with E-state index in [1.54, 1.807) is 17.8 Å². The van der Waals surface area contributed by atoms with E-state index >= 15 is 0 Å². The number of methoxy groups -OCH3 is 1. The summed E-state index contributed by atoms with van der Waals surface area (Å²) in [5.74, 6) is -0.146. The fraction of sp³-hybridized carbons (Fsp3) is 0.520. The van der Waals surface area contributed by atoms with Crippen LogP contribution in [0.2, 0.25) is 0 Å². The molecule has 1 saturated carbocycles. The van der Waals surface area contributed by atoms with Crippen molar-refractivity contribution in [1.82, 2.24) is 15.1 Å². The number of aliphatic imine (C=N–C) groups is 1. The molecular formula is C25H31FN4O4S2. The quantitative estimate of drug-likeness (QED) is 0.564. The van der Waals surface area contributed by atoms with Gasteiger partial charge in [0, 0.05) is 23.9 Å². The van der Waals surface area contributed by atoms with Gasteiger partial charge in [-0.15, -0.1) is 11.8 Å². The maximum atomic E-state index is 14.6. The number of thioether (sulfide) groups is 2. The van der Waals surface area contributed by atoms with E-state index in [-0.39, 0.29) is 53.9 Å². The topological polar surface area (TPSA) is 91.3 Å². The SMILES string of the molecule is C=CC(=O)N1CCN(C(=O)c2cc(SC3(C)CN=C(NC(=O)C4CC4)S3)c(C)cc2OC)CC(F)C1. The minimum atomic E-state index is -1.36. The van der Waals surface area contributed by atoms with Gasteiger partial charge < -0.3 is 19.9 Å². The second-order valence-corrected chi connectivity index (χ2v) is 12.7. The standard InChI is InChI=1S/C25H31FN4O4S2/c1-5-21(31)29-8-9-30(13-17(26)12-29)23(33)18-11-20(15(2)10-19(18)34-4)35-25(3)14-27-24(36-25)28-22(32)16-6-7-16/h5,10-11,16-17H,1,6-9,12-14H2,2-4H3,(H,27,28,32). The average Bonchev–Trinajstić information content (AvgIpc) is 3.66. The Kier molecular flexibility index (Phi) is 7.99. The van der Waals surface area contributed by atoms with E-state index in [0.717, 1.165) is 29.4 Å². The molecule has 1 aromatic rings. The second-order valence-electron chi connectivity index (χ2n) is 9.38. The molecule has 0 bridgehead atoms. The van der Waals surface area contributed by atoms with Gasteiger partial charge in [0.1, 0.15) is 11.9 Å². The van der Waals surface area contributed by atoms with Crippen LogP contribution in [0.5, 0.6) is 5.75 Å². The summed E-state index contributed by atoms with van der Waals surface area (Å²) in [5.41, 5.74) is 1.28. The number of hydrogen-bond donors (Lipinski definition) is 1. The van der Waals surface area contributed by atoms with Gasteiger partial charge in [0.2, 0.25) is 11.8 Å². The number of carbonyl (C=O) groups excluding carboxylic acids is 3. The molecular weight excluding hydrogens is 503 g/mol. The summed E-state index contributed by atoms with van der Waals surface area (Å²) >= 11 is 3.09. The molecule has 4 rings (SSSR count). The number of carbonyl (C=O) groups is 3. The van der Waals surface area contributed by atoms with Crippen molar-refractivity contribution in [3.8, 4) is 5.75 Å². The lowest BCUT2D eigenvalue weighted by molar-refractivity contribution is -0.126. The molecule has 1 aromatic carbocycles. The lowest BCUT2D eigenvalue weighted by atomic mass is 10.1. The number of nitrogens with zero attached hydrogens (tertiary/aromatic N) is 3. The molecule has 2 unspecified atom stereocenters.